The third-order valence-electron chi connectivity index (χ3n) is 9.23. The number of β-amino-alcohol motifs (C(OH)–C–C–N with tert-alkyl or cyclic N) is 1. The van der Waals surface area contributed by atoms with Gasteiger partial charge in [-0.2, -0.15) is 0 Å². The van der Waals surface area contributed by atoms with Crippen molar-refractivity contribution >= 4 is 17.7 Å². The molecule has 3 aliphatic rings. The van der Waals surface area contributed by atoms with Crippen LogP contribution in [0.3, 0.4) is 0 Å². The highest BCUT2D eigenvalue weighted by Crippen LogP contribution is 2.65. The first-order valence-electron chi connectivity index (χ1n) is 14.6. The van der Waals surface area contributed by atoms with E-state index >= 15 is 0 Å². The number of benzene rings is 1. The first kappa shape index (κ1) is 30.0. The van der Waals surface area contributed by atoms with Gasteiger partial charge in [-0.25, -0.2) is 0 Å². The number of likely N-dealkylation sites (tertiary alicyclic amines) is 1. The van der Waals surface area contributed by atoms with E-state index in [2.05, 4.69) is 20.1 Å². The van der Waals surface area contributed by atoms with Gasteiger partial charge in [-0.1, -0.05) is 69.2 Å². The van der Waals surface area contributed by atoms with Gasteiger partial charge < -0.3 is 24.5 Å². The molecular formula is C32H45N3O5. The molecule has 1 spiro atoms. The molecule has 2 bridgehead atoms. The van der Waals surface area contributed by atoms with Gasteiger partial charge in [-0.15, -0.1) is 13.2 Å². The number of ether oxygens (including phenoxy) is 1. The van der Waals surface area contributed by atoms with Crippen LogP contribution in [-0.4, -0.2) is 87.6 Å². The summed E-state index contributed by atoms with van der Waals surface area (Å²) in [6.45, 7) is 15.2. The molecule has 1 N–H and O–H groups in total. The second-order valence-electron chi connectivity index (χ2n) is 11.7. The Bertz CT molecular complexity index is 1110. The van der Waals surface area contributed by atoms with Crippen LogP contribution in [-0.2, 0) is 25.7 Å². The Morgan fingerprint density at radius 1 is 1.12 bits per heavy atom. The maximum absolute atomic E-state index is 14.4. The zero-order chi connectivity index (χ0) is 29.1. The van der Waals surface area contributed by atoms with Crippen molar-refractivity contribution < 1.29 is 24.2 Å². The van der Waals surface area contributed by atoms with Crippen LogP contribution >= 0.6 is 0 Å². The molecule has 0 saturated carbocycles. The molecule has 8 heteroatoms. The fourth-order valence-corrected chi connectivity index (χ4v) is 7.30. The smallest absolute Gasteiger partial charge is 0.248 e. The second kappa shape index (κ2) is 12.3. The molecule has 3 heterocycles. The highest BCUT2D eigenvalue weighted by molar-refractivity contribution is 5.99. The fraction of sp³-hybridized carbons (Fsp3) is 0.594. The molecule has 40 heavy (non-hydrogen) atoms. The molecule has 0 aliphatic carbocycles. The highest BCUT2D eigenvalue weighted by Gasteiger charge is 2.80. The molecule has 0 aromatic heterocycles. The van der Waals surface area contributed by atoms with E-state index in [0.29, 0.717) is 32.6 Å². The molecule has 3 fully saturated rings. The van der Waals surface area contributed by atoms with Crippen molar-refractivity contribution in [3.63, 3.8) is 0 Å². The van der Waals surface area contributed by atoms with Crippen LogP contribution in [0.15, 0.2) is 55.6 Å². The molecule has 3 unspecified atom stereocenters. The van der Waals surface area contributed by atoms with Crippen LogP contribution in [0.4, 0.5) is 0 Å². The van der Waals surface area contributed by atoms with Crippen molar-refractivity contribution in [1.29, 1.82) is 0 Å². The predicted octanol–water partition coefficient (Wildman–Crippen LogP) is 3.41. The quantitative estimate of drug-likeness (QED) is 0.283. The number of hydrogen-bond acceptors (Lipinski definition) is 5. The van der Waals surface area contributed by atoms with Gasteiger partial charge in [0.1, 0.15) is 11.6 Å². The zero-order valence-corrected chi connectivity index (χ0v) is 24.3. The number of carbonyl (C=O) groups excluding carboxylic acids is 3. The summed E-state index contributed by atoms with van der Waals surface area (Å²) in [5, 5.41) is 9.93. The van der Waals surface area contributed by atoms with E-state index in [0.717, 1.165) is 24.8 Å². The van der Waals surface area contributed by atoms with Crippen molar-refractivity contribution in [2.75, 3.05) is 32.8 Å². The van der Waals surface area contributed by atoms with E-state index in [9.17, 15) is 19.5 Å². The molecule has 0 radical (unpaired) electrons. The van der Waals surface area contributed by atoms with Gasteiger partial charge in [-0.3, -0.25) is 14.4 Å². The van der Waals surface area contributed by atoms with Gasteiger partial charge in [0, 0.05) is 32.7 Å². The molecule has 3 saturated heterocycles. The highest BCUT2D eigenvalue weighted by atomic mass is 16.5. The lowest BCUT2D eigenvalue weighted by Crippen LogP contribution is -2.57. The number of unbranched alkanes of at least 4 members (excludes halogenated alkanes) is 2. The first-order chi connectivity index (χ1) is 19.2. The van der Waals surface area contributed by atoms with Crippen LogP contribution in [0.25, 0.3) is 0 Å². The normalized spacial score (nSPS) is 30.3. The lowest BCUT2D eigenvalue weighted by atomic mass is 9.62. The van der Waals surface area contributed by atoms with Gasteiger partial charge in [0.15, 0.2) is 0 Å². The Morgan fingerprint density at radius 2 is 1.80 bits per heavy atom. The number of aliphatic hydroxyl groups is 1. The number of hydrogen-bond donors (Lipinski definition) is 1. The van der Waals surface area contributed by atoms with Crippen LogP contribution in [0, 0.1) is 17.8 Å². The van der Waals surface area contributed by atoms with E-state index in [1.54, 1.807) is 22.0 Å². The van der Waals surface area contributed by atoms with Crippen molar-refractivity contribution in [3.8, 4) is 0 Å². The Morgan fingerprint density at radius 3 is 2.42 bits per heavy atom. The third kappa shape index (κ3) is 5.00. The summed E-state index contributed by atoms with van der Waals surface area (Å²) in [5.74, 6) is -2.25. The van der Waals surface area contributed by atoms with E-state index < -0.39 is 29.1 Å². The van der Waals surface area contributed by atoms with Crippen LogP contribution in [0.5, 0.6) is 0 Å². The molecule has 6 atom stereocenters. The summed E-state index contributed by atoms with van der Waals surface area (Å²) < 4.78 is 6.84. The van der Waals surface area contributed by atoms with Crippen LogP contribution in [0.1, 0.15) is 52.0 Å². The van der Waals surface area contributed by atoms with Gasteiger partial charge >= 0.3 is 0 Å². The second-order valence-corrected chi connectivity index (χ2v) is 11.7. The van der Waals surface area contributed by atoms with E-state index in [-0.39, 0.29) is 36.8 Å². The number of carbonyl (C=O) groups is 3. The Kier molecular flexibility index (Phi) is 9.20. The topological polar surface area (TPSA) is 90.4 Å². The molecule has 8 nitrogen and oxygen atoms in total. The summed E-state index contributed by atoms with van der Waals surface area (Å²) in [7, 11) is 0. The average Bonchev–Trinajstić information content (AvgIpc) is 3.45. The number of fused-ring (bicyclic) bond motifs is 1. The molecule has 1 aromatic carbocycles. The van der Waals surface area contributed by atoms with Crippen molar-refractivity contribution in [2.24, 2.45) is 17.8 Å². The minimum atomic E-state index is -1.13. The maximum Gasteiger partial charge on any atom is 0.248 e. The third-order valence-corrected chi connectivity index (χ3v) is 9.23. The van der Waals surface area contributed by atoms with Crippen molar-refractivity contribution in [1.82, 2.24) is 14.7 Å². The Hall–Kier alpha value is -2.97. The van der Waals surface area contributed by atoms with Gasteiger partial charge in [0.05, 0.1) is 24.0 Å². The lowest BCUT2D eigenvalue weighted by molar-refractivity contribution is -0.155. The number of nitrogens with zero attached hydrogens (tertiary/aromatic N) is 3. The minimum absolute atomic E-state index is 0.0140. The lowest BCUT2D eigenvalue weighted by Gasteiger charge is -2.39. The molecule has 3 amide bonds. The van der Waals surface area contributed by atoms with Crippen LogP contribution < -0.4 is 0 Å². The van der Waals surface area contributed by atoms with Crippen molar-refractivity contribution in [2.45, 2.75) is 70.2 Å². The largest absolute Gasteiger partial charge is 0.395 e. The summed E-state index contributed by atoms with van der Waals surface area (Å²) in [5.41, 5.74) is -1.05. The molecule has 4 rings (SSSR count). The van der Waals surface area contributed by atoms with Crippen LogP contribution in [0.2, 0.25) is 0 Å². The van der Waals surface area contributed by atoms with Gasteiger partial charge in [-0.05, 0) is 31.2 Å². The van der Waals surface area contributed by atoms with Crippen molar-refractivity contribution in [3.05, 3.63) is 61.2 Å². The summed E-state index contributed by atoms with van der Waals surface area (Å²) in [4.78, 5) is 47.8. The summed E-state index contributed by atoms with van der Waals surface area (Å²) in [6, 6.07) is 8.84. The van der Waals surface area contributed by atoms with E-state index in [1.807, 2.05) is 44.2 Å². The minimum Gasteiger partial charge on any atom is -0.395 e. The molecular weight excluding hydrogens is 506 g/mol. The number of aliphatic hydroxyl groups excluding tert-OH is 1. The molecule has 3 aliphatic heterocycles. The SMILES string of the molecule is C=CCN(CCCCC)C(=O)C1N(CCO)C(=O)[C@@H]2[C@@H](C(=O)N(CC=C)Cc3ccccc3)[C@]3(C)OC12CC3C. The number of rotatable bonds is 14. The Labute approximate surface area is 238 Å². The fourth-order valence-electron chi connectivity index (χ4n) is 7.30. The zero-order valence-electron chi connectivity index (χ0n) is 24.3. The summed E-state index contributed by atoms with van der Waals surface area (Å²) >= 11 is 0. The number of amides is 3. The Balaban J connectivity index is 1.74. The monoisotopic (exact) mass is 551 g/mol. The molecule has 1 aromatic rings. The molecule has 218 valence electrons. The maximum atomic E-state index is 14.4. The van der Waals surface area contributed by atoms with Gasteiger partial charge in [0.2, 0.25) is 17.7 Å². The van der Waals surface area contributed by atoms with E-state index in [4.69, 9.17) is 4.74 Å². The predicted molar refractivity (Wildman–Crippen MR) is 154 cm³/mol. The standard InChI is InChI=1S/C32H45N3O5/c1-6-9-13-18-33(16-7-2)30(39)27-32-21-23(4)31(5,40-32)25(26(32)29(38)35(27)19-20-36)28(37)34(17-8-3)22-24-14-11-10-12-15-24/h7-8,10-12,14-15,23,25-27,36H,2-3,6,9,13,16-22H2,1,4-5H3/t23?,25-,26-,27?,31+,32?/m0/s1. The first-order valence-corrected chi connectivity index (χ1v) is 14.6. The summed E-state index contributed by atoms with van der Waals surface area (Å²) in [6.07, 6.45) is 6.75. The average molecular weight is 552 g/mol. The van der Waals surface area contributed by atoms with Gasteiger partial charge in [0.25, 0.3) is 0 Å². The van der Waals surface area contributed by atoms with E-state index in [1.165, 1.54) is 4.90 Å².